The summed E-state index contributed by atoms with van der Waals surface area (Å²) in [6, 6.07) is 0. The Bertz CT molecular complexity index is 385. The monoisotopic (exact) mass is 278 g/mol. The molecular weight excluding hydrogens is 248 g/mol. The zero-order valence-corrected chi connectivity index (χ0v) is 13.6. The van der Waals surface area contributed by atoms with E-state index in [2.05, 4.69) is 20.8 Å². The van der Waals surface area contributed by atoms with Gasteiger partial charge in [-0.25, -0.2) is 0 Å². The van der Waals surface area contributed by atoms with Crippen molar-refractivity contribution in [2.24, 2.45) is 28.6 Å². The minimum atomic E-state index is 0.171. The van der Waals surface area contributed by atoms with Gasteiger partial charge in [0, 0.05) is 12.3 Å². The van der Waals surface area contributed by atoms with Crippen LogP contribution in [0.2, 0.25) is 0 Å². The lowest BCUT2D eigenvalue weighted by Crippen LogP contribution is -2.51. The van der Waals surface area contributed by atoms with Gasteiger partial charge >= 0.3 is 0 Å². The molecule has 0 bridgehead atoms. The van der Waals surface area contributed by atoms with Crippen molar-refractivity contribution in [2.45, 2.75) is 72.6 Å². The number of hydrogen-bond donors (Lipinski definition) is 0. The summed E-state index contributed by atoms with van der Waals surface area (Å²) in [6.07, 6.45) is 8.72. The fourth-order valence-corrected chi connectivity index (χ4v) is 5.45. The van der Waals surface area contributed by atoms with Gasteiger partial charge in [-0.3, -0.25) is 0 Å². The standard InChI is InChI=1S/C18H30O2/c1-13(20)6-8-15-14(12-19)7-9-16-17(2,3)10-5-11-18(15,16)4/h12,14-16H,5-11H2,1-4H3/t14-,15-,16-,18+/m0/s1. The van der Waals surface area contributed by atoms with Gasteiger partial charge < -0.3 is 9.59 Å². The van der Waals surface area contributed by atoms with Crippen LogP contribution in [0.3, 0.4) is 0 Å². The molecule has 20 heavy (non-hydrogen) atoms. The van der Waals surface area contributed by atoms with Crippen LogP contribution in [0.25, 0.3) is 0 Å². The van der Waals surface area contributed by atoms with Gasteiger partial charge in [0.15, 0.2) is 0 Å². The highest BCUT2D eigenvalue weighted by molar-refractivity contribution is 5.75. The highest BCUT2D eigenvalue weighted by Crippen LogP contribution is 2.61. The predicted molar refractivity (Wildman–Crippen MR) is 81.4 cm³/mol. The molecule has 0 spiro atoms. The lowest BCUT2D eigenvalue weighted by molar-refractivity contribution is -0.132. The molecule has 0 aromatic heterocycles. The second-order valence-corrected chi connectivity index (χ2v) is 8.13. The average Bonchev–Trinajstić information content (AvgIpc) is 2.34. The Kier molecular flexibility index (Phi) is 4.41. The van der Waals surface area contributed by atoms with Crippen molar-refractivity contribution in [2.75, 3.05) is 0 Å². The normalized spacial score (nSPS) is 39.9. The van der Waals surface area contributed by atoms with Gasteiger partial charge in [-0.1, -0.05) is 27.2 Å². The van der Waals surface area contributed by atoms with Crippen LogP contribution in [-0.2, 0) is 9.59 Å². The van der Waals surface area contributed by atoms with E-state index in [0.29, 0.717) is 23.7 Å². The van der Waals surface area contributed by atoms with Crippen LogP contribution in [0.4, 0.5) is 0 Å². The van der Waals surface area contributed by atoms with Crippen LogP contribution in [0.5, 0.6) is 0 Å². The van der Waals surface area contributed by atoms with Gasteiger partial charge in [-0.2, -0.15) is 0 Å². The summed E-state index contributed by atoms with van der Waals surface area (Å²) in [6.45, 7) is 8.87. The van der Waals surface area contributed by atoms with Gasteiger partial charge in [0.2, 0.25) is 0 Å². The molecule has 0 heterocycles. The van der Waals surface area contributed by atoms with Crippen LogP contribution in [0.15, 0.2) is 0 Å². The summed E-state index contributed by atoms with van der Waals surface area (Å²) in [7, 11) is 0. The van der Waals surface area contributed by atoms with Crippen molar-refractivity contribution in [3.8, 4) is 0 Å². The van der Waals surface area contributed by atoms with E-state index in [-0.39, 0.29) is 17.1 Å². The van der Waals surface area contributed by atoms with Gasteiger partial charge in [-0.15, -0.1) is 0 Å². The van der Waals surface area contributed by atoms with Crippen molar-refractivity contribution in [3.63, 3.8) is 0 Å². The highest BCUT2D eigenvalue weighted by Gasteiger charge is 2.54. The Morgan fingerprint density at radius 3 is 2.50 bits per heavy atom. The van der Waals surface area contributed by atoms with Gasteiger partial charge in [-0.05, 0) is 61.7 Å². The summed E-state index contributed by atoms with van der Waals surface area (Å²) in [4.78, 5) is 22.9. The van der Waals surface area contributed by atoms with Gasteiger partial charge in [0.25, 0.3) is 0 Å². The highest BCUT2D eigenvalue weighted by atomic mass is 16.1. The fraction of sp³-hybridized carbons (Fsp3) is 0.889. The number of aldehydes is 1. The Balaban J connectivity index is 2.27. The smallest absolute Gasteiger partial charge is 0.129 e. The maximum Gasteiger partial charge on any atom is 0.129 e. The summed E-state index contributed by atoms with van der Waals surface area (Å²) in [5, 5.41) is 0. The molecule has 0 radical (unpaired) electrons. The summed E-state index contributed by atoms with van der Waals surface area (Å²) in [5.74, 6) is 1.54. The topological polar surface area (TPSA) is 34.1 Å². The largest absolute Gasteiger partial charge is 0.303 e. The fourth-order valence-electron chi connectivity index (χ4n) is 5.45. The van der Waals surface area contributed by atoms with Crippen molar-refractivity contribution in [1.82, 2.24) is 0 Å². The van der Waals surface area contributed by atoms with Crippen molar-refractivity contribution >= 4 is 12.1 Å². The van der Waals surface area contributed by atoms with E-state index in [4.69, 9.17) is 0 Å². The summed E-state index contributed by atoms with van der Waals surface area (Å²) in [5.41, 5.74) is 0.635. The predicted octanol–water partition coefficient (Wildman–Crippen LogP) is 4.41. The second-order valence-electron chi connectivity index (χ2n) is 8.13. The first-order valence-electron chi connectivity index (χ1n) is 8.26. The SMILES string of the molecule is CC(=O)CC[C@H]1[C@H](C=O)CC[C@H]2C(C)(C)CCC[C@]12C. The molecule has 0 aromatic rings. The van der Waals surface area contributed by atoms with Gasteiger partial charge in [0.05, 0.1) is 0 Å². The zero-order valence-electron chi connectivity index (χ0n) is 13.6. The number of carbonyl (C=O) groups is 2. The van der Waals surface area contributed by atoms with E-state index in [1.54, 1.807) is 6.92 Å². The van der Waals surface area contributed by atoms with Crippen molar-refractivity contribution in [1.29, 1.82) is 0 Å². The summed E-state index contributed by atoms with van der Waals surface area (Å²) >= 11 is 0. The molecule has 2 aliphatic carbocycles. The molecule has 2 aliphatic rings. The van der Waals surface area contributed by atoms with Crippen LogP contribution < -0.4 is 0 Å². The van der Waals surface area contributed by atoms with E-state index in [0.717, 1.165) is 12.8 Å². The number of rotatable bonds is 4. The first kappa shape index (κ1) is 15.7. The molecule has 0 saturated heterocycles. The third-order valence-electron chi connectivity index (χ3n) is 6.41. The van der Waals surface area contributed by atoms with E-state index in [9.17, 15) is 9.59 Å². The lowest BCUT2D eigenvalue weighted by atomic mass is 9.46. The number of ketones is 1. The van der Waals surface area contributed by atoms with Crippen molar-refractivity contribution in [3.05, 3.63) is 0 Å². The van der Waals surface area contributed by atoms with E-state index >= 15 is 0 Å². The molecule has 2 saturated carbocycles. The Morgan fingerprint density at radius 1 is 1.20 bits per heavy atom. The van der Waals surface area contributed by atoms with E-state index < -0.39 is 0 Å². The number of hydrogen-bond acceptors (Lipinski definition) is 2. The Labute approximate surface area is 123 Å². The zero-order chi connectivity index (χ0) is 15.0. The van der Waals surface area contributed by atoms with Crippen LogP contribution in [0, 0.1) is 28.6 Å². The molecule has 0 amide bonds. The molecule has 2 nitrogen and oxygen atoms in total. The van der Waals surface area contributed by atoms with E-state index in [1.807, 2.05) is 0 Å². The molecule has 2 fully saturated rings. The number of Topliss-reactive ketones (excluding diaryl/α,β-unsaturated/α-hetero) is 1. The first-order chi connectivity index (χ1) is 9.31. The molecule has 0 unspecified atom stereocenters. The number of carbonyl (C=O) groups excluding carboxylic acids is 2. The quantitative estimate of drug-likeness (QED) is 0.714. The molecule has 2 rings (SSSR count). The molecule has 114 valence electrons. The maximum atomic E-state index is 11.5. The first-order valence-corrected chi connectivity index (χ1v) is 8.26. The molecular formula is C18H30O2. The molecule has 0 N–H and O–H groups in total. The molecule has 0 aliphatic heterocycles. The number of fused-ring (bicyclic) bond motifs is 1. The lowest BCUT2D eigenvalue weighted by Gasteiger charge is -2.59. The third-order valence-corrected chi connectivity index (χ3v) is 6.41. The minimum Gasteiger partial charge on any atom is -0.303 e. The average molecular weight is 278 g/mol. The van der Waals surface area contributed by atoms with Crippen LogP contribution >= 0.6 is 0 Å². The second kappa shape index (κ2) is 5.61. The third kappa shape index (κ3) is 2.71. The maximum absolute atomic E-state index is 11.5. The van der Waals surface area contributed by atoms with Gasteiger partial charge in [0.1, 0.15) is 12.1 Å². The van der Waals surface area contributed by atoms with Crippen LogP contribution in [0.1, 0.15) is 72.6 Å². The summed E-state index contributed by atoms with van der Waals surface area (Å²) < 4.78 is 0. The molecule has 4 atom stereocenters. The Morgan fingerprint density at radius 2 is 1.90 bits per heavy atom. The Hall–Kier alpha value is -0.660. The molecule has 2 heteroatoms. The van der Waals surface area contributed by atoms with Crippen molar-refractivity contribution < 1.29 is 9.59 Å². The minimum absolute atomic E-state index is 0.171. The van der Waals surface area contributed by atoms with E-state index in [1.165, 1.54) is 32.0 Å². The molecule has 0 aromatic carbocycles. The van der Waals surface area contributed by atoms with Crippen LogP contribution in [-0.4, -0.2) is 12.1 Å².